The van der Waals surface area contributed by atoms with Gasteiger partial charge in [0, 0.05) is 39.0 Å². The van der Waals surface area contributed by atoms with Crippen LogP contribution in [-0.2, 0) is 9.53 Å². The molecule has 0 bridgehead atoms. The summed E-state index contributed by atoms with van der Waals surface area (Å²) in [6, 6.07) is 0. The predicted molar refractivity (Wildman–Crippen MR) is 78.4 cm³/mol. The molecule has 0 spiro atoms. The Morgan fingerprint density at radius 2 is 1.95 bits per heavy atom. The highest BCUT2D eigenvalue weighted by Gasteiger charge is 2.30. The van der Waals surface area contributed by atoms with Crippen molar-refractivity contribution in [2.24, 2.45) is 11.8 Å². The monoisotopic (exact) mass is 283 g/mol. The summed E-state index contributed by atoms with van der Waals surface area (Å²) in [6.45, 7) is 3.74. The van der Waals surface area contributed by atoms with Gasteiger partial charge in [0.15, 0.2) is 0 Å². The van der Waals surface area contributed by atoms with Crippen molar-refractivity contribution in [3.8, 4) is 0 Å². The second kappa shape index (κ2) is 7.41. The van der Waals surface area contributed by atoms with E-state index < -0.39 is 5.60 Å². The highest BCUT2D eigenvalue weighted by Crippen LogP contribution is 2.31. The van der Waals surface area contributed by atoms with Crippen LogP contribution in [0.15, 0.2) is 0 Å². The van der Waals surface area contributed by atoms with Gasteiger partial charge in [0.2, 0.25) is 5.91 Å². The molecule has 116 valence electrons. The summed E-state index contributed by atoms with van der Waals surface area (Å²) >= 11 is 0. The van der Waals surface area contributed by atoms with Crippen molar-refractivity contribution in [2.45, 2.75) is 63.9 Å². The highest BCUT2D eigenvalue weighted by atomic mass is 16.5. The Morgan fingerprint density at radius 3 is 2.60 bits per heavy atom. The Hall–Kier alpha value is -0.610. The molecule has 2 fully saturated rings. The number of ether oxygens (including phenoxy) is 1. The molecule has 1 amide bonds. The molecule has 1 aliphatic carbocycles. The van der Waals surface area contributed by atoms with Gasteiger partial charge in [-0.1, -0.05) is 39.0 Å². The Bertz CT molecular complexity index is 307. The largest absolute Gasteiger partial charge is 0.388 e. The van der Waals surface area contributed by atoms with E-state index in [4.69, 9.17) is 4.74 Å². The van der Waals surface area contributed by atoms with Crippen molar-refractivity contribution in [1.82, 2.24) is 5.32 Å². The van der Waals surface area contributed by atoms with Gasteiger partial charge in [-0.05, 0) is 11.8 Å². The molecule has 4 nitrogen and oxygen atoms in total. The van der Waals surface area contributed by atoms with Crippen LogP contribution in [0.1, 0.15) is 58.3 Å². The van der Waals surface area contributed by atoms with Crippen LogP contribution in [0.2, 0.25) is 0 Å². The highest BCUT2D eigenvalue weighted by molar-refractivity contribution is 5.76. The minimum atomic E-state index is -0.762. The van der Waals surface area contributed by atoms with Gasteiger partial charge in [-0.15, -0.1) is 0 Å². The van der Waals surface area contributed by atoms with Crippen LogP contribution in [0.3, 0.4) is 0 Å². The SMILES string of the molecule is CC(CC(=O)NCC1(O)CCOCC1)C1CCCCC1. The maximum atomic E-state index is 12.0. The van der Waals surface area contributed by atoms with E-state index in [1.807, 2.05) is 0 Å². The fourth-order valence-corrected chi connectivity index (χ4v) is 3.43. The maximum Gasteiger partial charge on any atom is 0.220 e. The molecule has 4 heteroatoms. The molecule has 1 aliphatic heterocycles. The van der Waals surface area contributed by atoms with Crippen LogP contribution in [0.25, 0.3) is 0 Å². The molecule has 20 heavy (non-hydrogen) atoms. The van der Waals surface area contributed by atoms with Crippen LogP contribution in [0.4, 0.5) is 0 Å². The molecule has 2 aliphatic rings. The first-order valence-electron chi connectivity index (χ1n) is 8.16. The lowest BCUT2D eigenvalue weighted by atomic mass is 9.79. The molecule has 0 radical (unpaired) electrons. The second-order valence-corrected chi connectivity index (χ2v) is 6.69. The van der Waals surface area contributed by atoms with Crippen LogP contribution in [-0.4, -0.2) is 36.4 Å². The van der Waals surface area contributed by atoms with Crippen LogP contribution in [0.5, 0.6) is 0 Å². The van der Waals surface area contributed by atoms with Crippen LogP contribution >= 0.6 is 0 Å². The zero-order valence-corrected chi connectivity index (χ0v) is 12.7. The van der Waals surface area contributed by atoms with Gasteiger partial charge >= 0.3 is 0 Å². The summed E-state index contributed by atoms with van der Waals surface area (Å²) in [5.41, 5.74) is -0.762. The Balaban J connectivity index is 1.69. The second-order valence-electron chi connectivity index (χ2n) is 6.69. The Morgan fingerprint density at radius 1 is 1.30 bits per heavy atom. The minimum Gasteiger partial charge on any atom is -0.388 e. The van der Waals surface area contributed by atoms with Gasteiger partial charge in [-0.3, -0.25) is 4.79 Å². The molecule has 1 unspecified atom stereocenters. The van der Waals surface area contributed by atoms with Gasteiger partial charge in [0.05, 0.1) is 5.60 Å². The lowest BCUT2D eigenvalue weighted by Gasteiger charge is -2.32. The van der Waals surface area contributed by atoms with E-state index in [1.54, 1.807) is 0 Å². The topological polar surface area (TPSA) is 58.6 Å². The Kier molecular flexibility index (Phi) is 5.85. The van der Waals surface area contributed by atoms with Crippen LogP contribution in [0, 0.1) is 11.8 Å². The number of hydrogen-bond acceptors (Lipinski definition) is 3. The first-order chi connectivity index (χ1) is 9.59. The van der Waals surface area contributed by atoms with Crippen molar-refractivity contribution < 1.29 is 14.6 Å². The van der Waals surface area contributed by atoms with Crippen molar-refractivity contribution >= 4 is 5.91 Å². The quantitative estimate of drug-likeness (QED) is 0.813. The molecule has 0 aromatic carbocycles. The lowest BCUT2D eigenvalue weighted by Crippen LogP contribution is -2.47. The number of rotatable bonds is 5. The van der Waals surface area contributed by atoms with E-state index in [0.29, 0.717) is 50.9 Å². The fraction of sp³-hybridized carbons (Fsp3) is 0.938. The zero-order valence-electron chi connectivity index (χ0n) is 12.7. The standard InChI is InChI=1S/C16H29NO3/c1-13(14-5-3-2-4-6-14)11-15(18)17-12-16(19)7-9-20-10-8-16/h13-14,19H,2-12H2,1H3,(H,17,18). The Labute approximate surface area is 122 Å². The maximum absolute atomic E-state index is 12.0. The molecule has 1 atom stereocenters. The average Bonchev–Trinajstić information content (AvgIpc) is 2.47. The summed E-state index contributed by atoms with van der Waals surface area (Å²) in [5, 5.41) is 13.2. The number of carbonyl (C=O) groups is 1. The van der Waals surface area contributed by atoms with Gasteiger partial charge in [0.1, 0.15) is 0 Å². The normalized spacial score (nSPS) is 25.1. The first-order valence-corrected chi connectivity index (χ1v) is 8.16. The molecular weight excluding hydrogens is 254 g/mol. The number of nitrogens with one attached hydrogen (secondary N) is 1. The predicted octanol–water partition coefficient (Wildman–Crippen LogP) is 2.25. The molecule has 2 N–H and O–H groups in total. The van der Waals surface area contributed by atoms with Crippen molar-refractivity contribution in [1.29, 1.82) is 0 Å². The minimum absolute atomic E-state index is 0.0861. The summed E-state index contributed by atoms with van der Waals surface area (Å²) in [7, 11) is 0. The van der Waals surface area contributed by atoms with Gasteiger partial charge < -0.3 is 15.2 Å². The van der Waals surface area contributed by atoms with Crippen molar-refractivity contribution in [3.63, 3.8) is 0 Å². The molecule has 1 saturated heterocycles. The summed E-state index contributed by atoms with van der Waals surface area (Å²) in [6.07, 6.45) is 8.36. The van der Waals surface area contributed by atoms with Crippen molar-refractivity contribution in [3.05, 3.63) is 0 Å². The number of carbonyl (C=O) groups excluding carboxylic acids is 1. The van der Waals surface area contributed by atoms with Crippen molar-refractivity contribution in [2.75, 3.05) is 19.8 Å². The van der Waals surface area contributed by atoms with E-state index in [9.17, 15) is 9.90 Å². The van der Waals surface area contributed by atoms with Gasteiger partial charge in [-0.25, -0.2) is 0 Å². The third-order valence-electron chi connectivity index (χ3n) is 5.00. The lowest BCUT2D eigenvalue weighted by molar-refractivity contribution is -0.125. The fourth-order valence-electron chi connectivity index (χ4n) is 3.43. The van der Waals surface area contributed by atoms with Gasteiger partial charge in [-0.2, -0.15) is 0 Å². The summed E-state index contributed by atoms with van der Waals surface area (Å²) in [4.78, 5) is 12.0. The van der Waals surface area contributed by atoms with Crippen LogP contribution < -0.4 is 5.32 Å². The summed E-state index contributed by atoms with van der Waals surface area (Å²) in [5.74, 6) is 1.25. The first kappa shape index (κ1) is 15.8. The third-order valence-corrected chi connectivity index (χ3v) is 5.00. The van der Waals surface area contributed by atoms with E-state index in [2.05, 4.69) is 12.2 Å². The number of hydrogen-bond donors (Lipinski definition) is 2. The molecule has 1 heterocycles. The molecule has 0 aromatic rings. The number of aliphatic hydroxyl groups is 1. The smallest absolute Gasteiger partial charge is 0.220 e. The number of amides is 1. The molecule has 0 aromatic heterocycles. The molecule has 2 rings (SSSR count). The zero-order chi connectivity index (χ0) is 14.4. The van der Waals surface area contributed by atoms with E-state index >= 15 is 0 Å². The average molecular weight is 283 g/mol. The van der Waals surface area contributed by atoms with E-state index in [1.165, 1.54) is 32.1 Å². The molecular formula is C16H29NO3. The van der Waals surface area contributed by atoms with Gasteiger partial charge in [0.25, 0.3) is 0 Å². The molecule has 1 saturated carbocycles. The summed E-state index contributed by atoms with van der Waals surface area (Å²) < 4.78 is 5.24. The van der Waals surface area contributed by atoms with E-state index in [0.717, 1.165) is 0 Å². The van der Waals surface area contributed by atoms with E-state index in [-0.39, 0.29) is 5.91 Å². The third kappa shape index (κ3) is 4.74.